The summed E-state index contributed by atoms with van der Waals surface area (Å²) in [5.41, 5.74) is 1.28. The lowest BCUT2D eigenvalue weighted by Crippen LogP contribution is -2.18. The first-order valence-electron chi connectivity index (χ1n) is 7.24. The highest BCUT2D eigenvalue weighted by Gasteiger charge is 2.10. The van der Waals surface area contributed by atoms with Crippen LogP contribution in [-0.2, 0) is 7.05 Å². The molecule has 0 amide bonds. The minimum Gasteiger partial charge on any atom is -0.494 e. The van der Waals surface area contributed by atoms with Crippen molar-refractivity contribution in [1.82, 2.24) is 15.1 Å². The van der Waals surface area contributed by atoms with Gasteiger partial charge in [0.15, 0.2) is 0 Å². The Hall–Kier alpha value is -1.46. The average Bonchev–Trinajstić information content (AvgIpc) is 2.92. The zero-order valence-corrected chi connectivity index (χ0v) is 13.7. The van der Waals surface area contributed by atoms with Crippen LogP contribution in [0.15, 0.2) is 41.6 Å². The van der Waals surface area contributed by atoms with Crippen LogP contribution in [0.1, 0.15) is 24.9 Å². The van der Waals surface area contributed by atoms with Gasteiger partial charge in [0.25, 0.3) is 0 Å². The van der Waals surface area contributed by atoms with Crippen molar-refractivity contribution in [2.24, 2.45) is 7.05 Å². The summed E-state index contributed by atoms with van der Waals surface area (Å²) in [4.78, 5) is 1.20. The van der Waals surface area contributed by atoms with E-state index in [1.54, 1.807) is 0 Å². The van der Waals surface area contributed by atoms with Crippen LogP contribution in [-0.4, -0.2) is 29.2 Å². The van der Waals surface area contributed by atoms with E-state index in [0.29, 0.717) is 6.04 Å². The van der Waals surface area contributed by atoms with E-state index in [2.05, 4.69) is 29.5 Å². The van der Waals surface area contributed by atoms with E-state index >= 15 is 0 Å². The number of rotatable bonds is 8. The van der Waals surface area contributed by atoms with E-state index in [4.69, 9.17) is 4.74 Å². The molecule has 2 aromatic rings. The van der Waals surface area contributed by atoms with Gasteiger partial charge in [-0.15, -0.1) is 11.8 Å². The molecule has 0 aliphatic heterocycles. The zero-order chi connectivity index (χ0) is 15.1. The highest BCUT2D eigenvalue weighted by molar-refractivity contribution is 7.99. The van der Waals surface area contributed by atoms with Crippen LogP contribution in [0, 0.1) is 0 Å². The Morgan fingerprint density at radius 3 is 2.67 bits per heavy atom. The quantitative estimate of drug-likeness (QED) is 0.760. The first-order chi connectivity index (χ1) is 10.2. The van der Waals surface area contributed by atoms with Crippen LogP contribution in [0.2, 0.25) is 0 Å². The van der Waals surface area contributed by atoms with Gasteiger partial charge in [0.1, 0.15) is 5.75 Å². The standard InChI is InChI=1S/C16H23N3OS/c1-4-9-20-14-7-5-13(6-8-14)16(17-2)12-21-15-10-18-19(3)11-15/h5-8,10-11,16-17H,4,9,12H2,1-3H3. The summed E-state index contributed by atoms with van der Waals surface area (Å²) in [6.45, 7) is 2.88. The second-order valence-electron chi connectivity index (χ2n) is 4.92. The van der Waals surface area contributed by atoms with Gasteiger partial charge in [0.2, 0.25) is 0 Å². The van der Waals surface area contributed by atoms with Crippen LogP contribution in [0.4, 0.5) is 0 Å². The van der Waals surface area contributed by atoms with Crippen molar-refractivity contribution < 1.29 is 4.74 Å². The SMILES string of the molecule is CCCOc1ccc(C(CSc2cnn(C)c2)NC)cc1. The number of nitrogens with zero attached hydrogens (tertiary/aromatic N) is 2. The molecule has 0 saturated carbocycles. The fourth-order valence-corrected chi connectivity index (χ4v) is 3.08. The molecule has 4 nitrogen and oxygen atoms in total. The third-order valence-corrected chi connectivity index (χ3v) is 4.25. The Kier molecular flexibility index (Phi) is 6.14. The van der Waals surface area contributed by atoms with E-state index < -0.39 is 0 Å². The van der Waals surface area contributed by atoms with E-state index in [1.165, 1.54) is 10.5 Å². The molecule has 1 heterocycles. The summed E-state index contributed by atoms with van der Waals surface area (Å²) in [6, 6.07) is 8.68. The third-order valence-electron chi connectivity index (χ3n) is 3.20. The monoisotopic (exact) mass is 305 g/mol. The number of nitrogens with one attached hydrogen (secondary N) is 1. The maximum atomic E-state index is 5.62. The number of hydrogen-bond acceptors (Lipinski definition) is 4. The molecule has 1 aromatic heterocycles. The van der Waals surface area contributed by atoms with Gasteiger partial charge in [-0.05, 0) is 31.2 Å². The lowest BCUT2D eigenvalue weighted by Gasteiger charge is -2.16. The number of thioether (sulfide) groups is 1. The smallest absolute Gasteiger partial charge is 0.119 e. The predicted octanol–water partition coefficient (Wildman–Crippen LogP) is 3.26. The van der Waals surface area contributed by atoms with Gasteiger partial charge in [-0.1, -0.05) is 19.1 Å². The van der Waals surface area contributed by atoms with Crippen LogP contribution >= 0.6 is 11.8 Å². The molecule has 0 bridgehead atoms. The van der Waals surface area contributed by atoms with Gasteiger partial charge in [-0.3, -0.25) is 4.68 Å². The highest BCUT2D eigenvalue weighted by atomic mass is 32.2. The molecule has 2 rings (SSSR count). The number of aromatic nitrogens is 2. The van der Waals surface area contributed by atoms with Crippen molar-refractivity contribution in [3.05, 3.63) is 42.2 Å². The number of aryl methyl sites for hydroxylation is 1. The van der Waals surface area contributed by atoms with E-state index in [9.17, 15) is 0 Å². The molecule has 1 N–H and O–H groups in total. The molecule has 0 aliphatic rings. The molecule has 1 atom stereocenters. The Bertz CT molecular complexity index is 539. The fraction of sp³-hybridized carbons (Fsp3) is 0.438. The number of benzene rings is 1. The van der Waals surface area contributed by atoms with Crippen molar-refractivity contribution in [3.8, 4) is 5.75 Å². The number of hydrogen-bond donors (Lipinski definition) is 1. The molecule has 0 radical (unpaired) electrons. The summed E-state index contributed by atoms with van der Waals surface area (Å²) in [5, 5.41) is 7.56. The minimum absolute atomic E-state index is 0.315. The largest absolute Gasteiger partial charge is 0.494 e. The Balaban J connectivity index is 1.93. The molecular formula is C16H23N3OS. The van der Waals surface area contributed by atoms with Crippen molar-refractivity contribution in [1.29, 1.82) is 0 Å². The molecular weight excluding hydrogens is 282 g/mol. The third kappa shape index (κ3) is 4.79. The maximum absolute atomic E-state index is 5.62. The van der Waals surface area contributed by atoms with Crippen LogP contribution in [0.5, 0.6) is 5.75 Å². The lowest BCUT2D eigenvalue weighted by atomic mass is 10.1. The second kappa shape index (κ2) is 8.10. The molecule has 5 heteroatoms. The maximum Gasteiger partial charge on any atom is 0.119 e. The van der Waals surface area contributed by atoms with Gasteiger partial charge in [0.05, 0.1) is 12.8 Å². The van der Waals surface area contributed by atoms with Crippen LogP contribution in [0.25, 0.3) is 0 Å². The second-order valence-corrected chi connectivity index (χ2v) is 6.01. The average molecular weight is 305 g/mol. The van der Waals surface area contributed by atoms with E-state index in [0.717, 1.165) is 24.5 Å². The van der Waals surface area contributed by atoms with Crippen molar-refractivity contribution in [2.45, 2.75) is 24.3 Å². The topological polar surface area (TPSA) is 39.1 Å². The summed E-state index contributed by atoms with van der Waals surface area (Å²) >= 11 is 1.81. The van der Waals surface area contributed by atoms with Gasteiger partial charge in [0, 0.05) is 29.9 Å². The number of ether oxygens (including phenoxy) is 1. The van der Waals surface area contributed by atoms with Gasteiger partial charge in [-0.2, -0.15) is 5.10 Å². The first kappa shape index (κ1) is 15.9. The van der Waals surface area contributed by atoms with Gasteiger partial charge >= 0.3 is 0 Å². The van der Waals surface area contributed by atoms with Crippen LogP contribution < -0.4 is 10.1 Å². The van der Waals surface area contributed by atoms with E-state index in [-0.39, 0.29) is 0 Å². The molecule has 0 fully saturated rings. The highest BCUT2D eigenvalue weighted by Crippen LogP contribution is 2.25. The molecule has 0 aliphatic carbocycles. The van der Waals surface area contributed by atoms with Gasteiger partial charge < -0.3 is 10.1 Å². The summed E-state index contributed by atoms with van der Waals surface area (Å²) in [6.07, 6.45) is 4.97. The molecule has 21 heavy (non-hydrogen) atoms. The Labute approximate surface area is 130 Å². The summed E-state index contributed by atoms with van der Waals surface area (Å²) < 4.78 is 7.45. The molecule has 1 aromatic carbocycles. The Morgan fingerprint density at radius 1 is 1.33 bits per heavy atom. The molecule has 1 unspecified atom stereocenters. The summed E-state index contributed by atoms with van der Waals surface area (Å²) in [7, 11) is 3.94. The molecule has 114 valence electrons. The fourth-order valence-electron chi connectivity index (χ4n) is 2.02. The van der Waals surface area contributed by atoms with Crippen molar-refractivity contribution in [3.63, 3.8) is 0 Å². The van der Waals surface area contributed by atoms with Gasteiger partial charge in [-0.25, -0.2) is 0 Å². The van der Waals surface area contributed by atoms with E-state index in [1.807, 2.05) is 55.1 Å². The first-order valence-corrected chi connectivity index (χ1v) is 8.23. The predicted molar refractivity (Wildman–Crippen MR) is 88.0 cm³/mol. The molecule has 0 spiro atoms. The molecule has 0 saturated heterocycles. The van der Waals surface area contributed by atoms with Crippen LogP contribution in [0.3, 0.4) is 0 Å². The Morgan fingerprint density at radius 2 is 2.10 bits per heavy atom. The lowest BCUT2D eigenvalue weighted by molar-refractivity contribution is 0.317. The summed E-state index contributed by atoms with van der Waals surface area (Å²) in [5.74, 6) is 1.91. The van der Waals surface area contributed by atoms with Crippen molar-refractivity contribution in [2.75, 3.05) is 19.4 Å². The minimum atomic E-state index is 0.315. The normalized spacial score (nSPS) is 12.3. The zero-order valence-electron chi connectivity index (χ0n) is 12.9. The van der Waals surface area contributed by atoms with Crippen molar-refractivity contribution >= 4 is 11.8 Å².